The van der Waals surface area contributed by atoms with Gasteiger partial charge in [-0.1, -0.05) is 26.7 Å². The summed E-state index contributed by atoms with van der Waals surface area (Å²) in [5.41, 5.74) is -0.432. The smallest absolute Gasteiger partial charge is 0.407 e. The molecule has 1 fully saturated rings. The van der Waals surface area contributed by atoms with Crippen LogP contribution in [0.2, 0.25) is 0 Å². The van der Waals surface area contributed by atoms with Gasteiger partial charge in [-0.05, 0) is 52.4 Å². The summed E-state index contributed by atoms with van der Waals surface area (Å²) in [6, 6.07) is 0.766. The first-order valence-corrected chi connectivity index (χ1v) is 8.58. The minimum Gasteiger partial charge on any atom is -0.444 e. The van der Waals surface area contributed by atoms with Crippen molar-refractivity contribution in [2.45, 2.75) is 90.8 Å². The topological polar surface area (TPSA) is 50.4 Å². The monoisotopic (exact) mass is 298 g/mol. The number of rotatable bonds is 9. The van der Waals surface area contributed by atoms with Crippen LogP contribution in [-0.2, 0) is 4.74 Å². The lowest BCUT2D eigenvalue weighted by Crippen LogP contribution is -2.47. The Kier molecular flexibility index (Phi) is 7.50. The zero-order chi connectivity index (χ0) is 15.9. The average molecular weight is 298 g/mol. The second-order valence-electron chi connectivity index (χ2n) is 7.25. The van der Waals surface area contributed by atoms with Crippen LogP contribution < -0.4 is 10.6 Å². The van der Waals surface area contributed by atoms with Crippen molar-refractivity contribution in [1.29, 1.82) is 0 Å². The predicted molar refractivity (Wildman–Crippen MR) is 87.5 cm³/mol. The predicted octanol–water partition coefficient (Wildman–Crippen LogP) is 3.85. The number of carbonyl (C=O) groups excluding carboxylic acids is 1. The third-order valence-corrected chi connectivity index (χ3v) is 3.92. The highest BCUT2D eigenvalue weighted by atomic mass is 16.6. The Labute approximate surface area is 130 Å². The minimum absolute atomic E-state index is 0.204. The van der Waals surface area contributed by atoms with E-state index < -0.39 is 5.60 Å². The SMILES string of the molecule is CCCCC(CC)NCC(NC(=O)OC(C)(C)C)C1CC1. The summed E-state index contributed by atoms with van der Waals surface area (Å²) in [4.78, 5) is 11.9. The number of unbranched alkanes of at least 4 members (excludes halogenated alkanes) is 1. The number of hydrogen-bond acceptors (Lipinski definition) is 3. The van der Waals surface area contributed by atoms with Crippen LogP contribution in [0.15, 0.2) is 0 Å². The van der Waals surface area contributed by atoms with Crippen molar-refractivity contribution >= 4 is 6.09 Å². The standard InChI is InChI=1S/C17H34N2O2/c1-6-8-9-14(7-2)18-12-15(13-10-11-13)19-16(20)21-17(3,4)5/h13-15,18H,6-12H2,1-5H3,(H,19,20). The van der Waals surface area contributed by atoms with Crippen LogP contribution in [0, 0.1) is 5.92 Å². The van der Waals surface area contributed by atoms with Gasteiger partial charge in [-0.25, -0.2) is 4.79 Å². The molecule has 1 rings (SSSR count). The molecule has 1 aliphatic rings. The Hall–Kier alpha value is -0.770. The minimum atomic E-state index is -0.432. The summed E-state index contributed by atoms with van der Waals surface area (Å²) >= 11 is 0. The third kappa shape index (κ3) is 8.30. The summed E-state index contributed by atoms with van der Waals surface area (Å²) < 4.78 is 5.37. The highest BCUT2D eigenvalue weighted by Gasteiger charge is 2.33. The van der Waals surface area contributed by atoms with E-state index in [1.54, 1.807) is 0 Å². The Morgan fingerprint density at radius 2 is 1.95 bits per heavy atom. The summed E-state index contributed by atoms with van der Waals surface area (Å²) in [5, 5.41) is 6.67. The molecule has 0 bridgehead atoms. The highest BCUT2D eigenvalue weighted by molar-refractivity contribution is 5.68. The zero-order valence-corrected chi connectivity index (χ0v) is 14.5. The van der Waals surface area contributed by atoms with Crippen molar-refractivity contribution < 1.29 is 9.53 Å². The van der Waals surface area contributed by atoms with E-state index in [4.69, 9.17) is 4.74 Å². The quantitative estimate of drug-likeness (QED) is 0.680. The lowest BCUT2D eigenvalue weighted by atomic mass is 10.1. The molecule has 0 aliphatic heterocycles. The Morgan fingerprint density at radius 1 is 1.29 bits per heavy atom. The number of amides is 1. The van der Waals surface area contributed by atoms with E-state index in [9.17, 15) is 4.79 Å². The first-order valence-electron chi connectivity index (χ1n) is 8.58. The van der Waals surface area contributed by atoms with E-state index in [0.29, 0.717) is 12.0 Å². The van der Waals surface area contributed by atoms with Gasteiger partial charge in [-0.2, -0.15) is 0 Å². The Morgan fingerprint density at radius 3 is 2.43 bits per heavy atom. The van der Waals surface area contributed by atoms with Gasteiger partial charge in [-0.15, -0.1) is 0 Å². The van der Waals surface area contributed by atoms with Crippen molar-refractivity contribution in [3.05, 3.63) is 0 Å². The number of alkyl carbamates (subject to hydrolysis) is 1. The molecule has 2 unspecified atom stereocenters. The van der Waals surface area contributed by atoms with Gasteiger partial charge in [-0.3, -0.25) is 0 Å². The molecule has 0 aromatic heterocycles. The molecular formula is C17H34N2O2. The van der Waals surface area contributed by atoms with Crippen molar-refractivity contribution in [3.63, 3.8) is 0 Å². The zero-order valence-electron chi connectivity index (χ0n) is 14.5. The molecule has 124 valence electrons. The fourth-order valence-corrected chi connectivity index (χ4v) is 2.49. The van der Waals surface area contributed by atoms with Crippen molar-refractivity contribution in [2.24, 2.45) is 5.92 Å². The van der Waals surface area contributed by atoms with E-state index in [-0.39, 0.29) is 12.1 Å². The van der Waals surface area contributed by atoms with E-state index in [0.717, 1.165) is 13.0 Å². The van der Waals surface area contributed by atoms with Crippen molar-refractivity contribution in [1.82, 2.24) is 10.6 Å². The molecule has 4 nitrogen and oxygen atoms in total. The van der Waals surface area contributed by atoms with Crippen LogP contribution in [0.3, 0.4) is 0 Å². The second-order valence-corrected chi connectivity index (χ2v) is 7.25. The third-order valence-electron chi connectivity index (χ3n) is 3.92. The van der Waals surface area contributed by atoms with Gasteiger partial charge in [0.05, 0.1) is 0 Å². The Balaban J connectivity index is 2.37. The number of nitrogens with one attached hydrogen (secondary N) is 2. The Bertz CT molecular complexity index is 308. The van der Waals surface area contributed by atoms with E-state index in [1.165, 1.54) is 32.1 Å². The lowest BCUT2D eigenvalue weighted by Gasteiger charge is -2.25. The largest absolute Gasteiger partial charge is 0.444 e. The van der Waals surface area contributed by atoms with E-state index in [1.807, 2.05) is 20.8 Å². The van der Waals surface area contributed by atoms with Crippen LogP contribution in [-0.4, -0.2) is 30.3 Å². The lowest BCUT2D eigenvalue weighted by molar-refractivity contribution is 0.0496. The first kappa shape index (κ1) is 18.3. The second kappa shape index (κ2) is 8.62. The number of ether oxygens (including phenoxy) is 1. The fraction of sp³-hybridized carbons (Fsp3) is 0.941. The molecule has 0 radical (unpaired) electrons. The normalized spacial score (nSPS) is 18.1. The molecule has 1 saturated carbocycles. The molecule has 0 aromatic carbocycles. The molecule has 0 saturated heterocycles. The molecule has 2 N–H and O–H groups in total. The average Bonchev–Trinajstić information content (AvgIpc) is 3.19. The molecule has 0 spiro atoms. The maximum absolute atomic E-state index is 11.9. The molecule has 1 amide bonds. The van der Waals surface area contributed by atoms with Gasteiger partial charge in [0.1, 0.15) is 5.60 Å². The molecule has 21 heavy (non-hydrogen) atoms. The van der Waals surface area contributed by atoms with Crippen LogP contribution in [0.4, 0.5) is 4.79 Å². The van der Waals surface area contributed by atoms with E-state index >= 15 is 0 Å². The van der Waals surface area contributed by atoms with Crippen LogP contribution in [0.1, 0.15) is 73.1 Å². The van der Waals surface area contributed by atoms with Gasteiger partial charge >= 0.3 is 6.09 Å². The van der Waals surface area contributed by atoms with Gasteiger partial charge in [0.15, 0.2) is 0 Å². The molecule has 1 aliphatic carbocycles. The summed E-state index contributed by atoms with van der Waals surface area (Å²) in [6.07, 6.45) is 7.00. The van der Waals surface area contributed by atoms with E-state index in [2.05, 4.69) is 24.5 Å². The van der Waals surface area contributed by atoms with Gasteiger partial charge in [0.2, 0.25) is 0 Å². The van der Waals surface area contributed by atoms with Gasteiger partial charge < -0.3 is 15.4 Å². The van der Waals surface area contributed by atoms with Crippen LogP contribution >= 0.6 is 0 Å². The molecular weight excluding hydrogens is 264 g/mol. The fourth-order valence-electron chi connectivity index (χ4n) is 2.49. The summed E-state index contributed by atoms with van der Waals surface area (Å²) in [6.45, 7) is 11.0. The van der Waals surface area contributed by atoms with Crippen molar-refractivity contribution in [3.8, 4) is 0 Å². The van der Waals surface area contributed by atoms with Crippen LogP contribution in [0.5, 0.6) is 0 Å². The van der Waals surface area contributed by atoms with Gasteiger partial charge in [0.25, 0.3) is 0 Å². The highest BCUT2D eigenvalue weighted by Crippen LogP contribution is 2.32. The van der Waals surface area contributed by atoms with Crippen molar-refractivity contribution in [2.75, 3.05) is 6.54 Å². The summed E-state index contributed by atoms with van der Waals surface area (Å²) in [7, 11) is 0. The molecule has 0 aromatic rings. The molecule has 0 heterocycles. The number of hydrogen-bond donors (Lipinski definition) is 2. The molecule has 4 heteroatoms. The number of carbonyl (C=O) groups is 1. The van der Waals surface area contributed by atoms with Gasteiger partial charge in [0, 0.05) is 18.6 Å². The summed E-state index contributed by atoms with van der Waals surface area (Å²) in [5.74, 6) is 0.619. The molecule has 2 atom stereocenters. The maximum atomic E-state index is 11.9. The first-order chi connectivity index (χ1) is 9.85. The maximum Gasteiger partial charge on any atom is 0.407 e. The van der Waals surface area contributed by atoms with Crippen LogP contribution in [0.25, 0.3) is 0 Å².